The number of carbonyl (C=O) groups excluding carboxylic acids is 1. The van der Waals surface area contributed by atoms with Crippen LogP contribution < -0.4 is 24.3 Å². The summed E-state index contributed by atoms with van der Waals surface area (Å²) in [5.74, 6) is 2.01. The lowest BCUT2D eigenvalue weighted by Crippen LogP contribution is -2.13. The standard InChI is InChI=1S/C16H14BrNO5/c1-20-13-6-10(11(17)7-14(13)21-2)16(19)18-9-3-4-12-15(5-9)23-8-22-12/h3-7H,8H2,1-2H3,(H,18,19). The molecular weight excluding hydrogens is 366 g/mol. The van der Waals surface area contributed by atoms with E-state index in [1.165, 1.54) is 14.2 Å². The Balaban J connectivity index is 1.86. The smallest absolute Gasteiger partial charge is 0.256 e. The van der Waals surface area contributed by atoms with Gasteiger partial charge in [0.2, 0.25) is 6.79 Å². The fourth-order valence-electron chi connectivity index (χ4n) is 2.20. The van der Waals surface area contributed by atoms with Crippen molar-refractivity contribution in [2.75, 3.05) is 26.3 Å². The lowest BCUT2D eigenvalue weighted by molar-refractivity contribution is 0.102. The molecular formula is C16H14BrNO5. The van der Waals surface area contributed by atoms with Crippen molar-refractivity contribution in [3.63, 3.8) is 0 Å². The van der Waals surface area contributed by atoms with Crippen LogP contribution in [0.5, 0.6) is 23.0 Å². The molecule has 6 nitrogen and oxygen atoms in total. The quantitative estimate of drug-likeness (QED) is 0.880. The minimum atomic E-state index is -0.281. The van der Waals surface area contributed by atoms with Crippen LogP contribution in [0.25, 0.3) is 0 Å². The molecule has 1 heterocycles. The van der Waals surface area contributed by atoms with Crippen molar-refractivity contribution in [1.82, 2.24) is 0 Å². The second kappa shape index (κ2) is 6.37. The van der Waals surface area contributed by atoms with E-state index < -0.39 is 0 Å². The number of amides is 1. The first kappa shape index (κ1) is 15.5. The van der Waals surface area contributed by atoms with Crippen LogP contribution in [-0.4, -0.2) is 26.9 Å². The Morgan fingerprint density at radius 3 is 2.52 bits per heavy atom. The molecule has 0 saturated carbocycles. The molecule has 0 fully saturated rings. The molecule has 0 saturated heterocycles. The number of fused-ring (bicyclic) bond motifs is 1. The molecule has 0 aliphatic carbocycles. The lowest BCUT2D eigenvalue weighted by Gasteiger charge is -2.12. The second-order valence-corrected chi connectivity index (χ2v) is 5.56. The zero-order chi connectivity index (χ0) is 16.4. The second-order valence-electron chi connectivity index (χ2n) is 4.71. The monoisotopic (exact) mass is 379 g/mol. The summed E-state index contributed by atoms with van der Waals surface area (Å²) in [6.45, 7) is 0.188. The predicted molar refractivity (Wildman–Crippen MR) is 87.8 cm³/mol. The van der Waals surface area contributed by atoms with Crippen LogP contribution in [0.3, 0.4) is 0 Å². The van der Waals surface area contributed by atoms with Crippen molar-refractivity contribution in [2.24, 2.45) is 0 Å². The van der Waals surface area contributed by atoms with Gasteiger partial charge >= 0.3 is 0 Å². The van der Waals surface area contributed by atoms with E-state index in [1.807, 2.05) is 0 Å². The largest absolute Gasteiger partial charge is 0.493 e. The molecule has 120 valence electrons. The molecule has 0 bridgehead atoms. The summed E-state index contributed by atoms with van der Waals surface area (Å²) in [5.41, 5.74) is 1.04. The highest BCUT2D eigenvalue weighted by molar-refractivity contribution is 9.10. The van der Waals surface area contributed by atoms with Gasteiger partial charge in [-0.25, -0.2) is 0 Å². The summed E-state index contributed by atoms with van der Waals surface area (Å²) < 4.78 is 21.6. The van der Waals surface area contributed by atoms with Crippen molar-refractivity contribution in [1.29, 1.82) is 0 Å². The maximum absolute atomic E-state index is 12.5. The summed E-state index contributed by atoms with van der Waals surface area (Å²) in [6.07, 6.45) is 0. The number of methoxy groups -OCH3 is 2. The van der Waals surface area contributed by atoms with Crippen molar-refractivity contribution in [3.05, 3.63) is 40.4 Å². The number of anilines is 1. The average molecular weight is 380 g/mol. The van der Waals surface area contributed by atoms with Crippen molar-refractivity contribution in [2.45, 2.75) is 0 Å². The third-order valence-electron chi connectivity index (χ3n) is 3.35. The molecule has 7 heteroatoms. The third-order valence-corrected chi connectivity index (χ3v) is 4.00. The van der Waals surface area contributed by atoms with Gasteiger partial charge < -0.3 is 24.3 Å². The minimum Gasteiger partial charge on any atom is -0.493 e. The molecule has 1 aliphatic heterocycles. The zero-order valence-electron chi connectivity index (χ0n) is 12.5. The topological polar surface area (TPSA) is 66.0 Å². The number of rotatable bonds is 4. The molecule has 1 aliphatic rings. The van der Waals surface area contributed by atoms with Gasteiger partial charge in [-0.2, -0.15) is 0 Å². The van der Waals surface area contributed by atoms with Gasteiger partial charge in [0.25, 0.3) is 5.91 Å². The van der Waals surface area contributed by atoms with Gasteiger partial charge in [0.1, 0.15) is 0 Å². The molecule has 0 unspecified atom stereocenters. The Hall–Kier alpha value is -2.41. The number of ether oxygens (including phenoxy) is 4. The Bertz CT molecular complexity index is 762. The third kappa shape index (κ3) is 3.05. The molecule has 2 aromatic carbocycles. The van der Waals surface area contributed by atoms with E-state index >= 15 is 0 Å². The molecule has 0 atom stereocenters. The first-order valence-electron chi connectivity index (χ1n) is 6.75. The normalized spacial score (nSPS) is 12.0. The van der Waals surface area contributed by atoms with Gasteiger partial charge in [-0.05, 0) is 40.2 Å². The summed E-state index contributed by atoms with van der Waals surface area (Å²) in [6, 6.07) is 8.52. The molecule has 0 aromatic heterocycles. The van der Waals surface area contributed by atoms with Gasteiger partial charge in [-0.1, -0.05) is 0 Å². The van der Waals surface area contributed by atoms with Crippen LogP contribution in [-0.2, 0) is 0 Å². The Labute approximate surface area is 141 Å². The number of nitrogens with one attached hydrogen (secondary N) is 1. The van der Waals surface area contributed by atoms with E-state index in [4.69, 9.17) is 18.9 Å². The van der Waals surface area contributed by atoms with Gasteiger partial charge in [-0.3, -0.25) is 4.79 Å². The van der Waals surface area contributed by atoms with Crippen LogP contribution >= 0.6 is 15.9 Å². The van der Waals surface area contributed by atoms with Crippen LogP contribution in [0.2, 0.25) is 0 Å². The number of carbonyl (C=O) groups is 1. The van der Waals surface area contributed by atoms with E-state index in [9.17, 15) is 4.79 Å². The fourth-order valence-corrected chi connectivity index (χ4v) is 2.70. The van der Waals surface area contributed by atoms with E-state index in [-0.39, 0.29) is 12.7 Å². The summed E-state index contributed by atoms with van der Waals surface area (Å²) in [4.78, 5) is 12.5. The average Bonchev–Trinajstić information content (AvgIpc) is 3.02. The van der Waals surface area contributed by atoms with Crippen LogP contribution in [0.4, 0.5) is 5.69 Å². The zero-order valence-corrected chi connectivity index (χ0v) is 14.1. The van der Waals surface area contributed by atoms with Gasteiger partial charge in [0.05, 0.1) is 19.8 Å². The van der Waals surface area contributed by atoms with Crippen LogP contribution in [0, 0.1) is 0 Å². The number of hydrogen-bond donors (Lipinski definition) is 1. The highest BCUT2D eigenvalue weighted by atomic mass is 79.9. The molecule has 2 aromatic rings. The predicted octanol–water partition coefficient (Wildman–Crippen LogP) is 3.45. The molecule has 0 radical (unpaired) electrons. The Kier molecular flexibility index (Phi) is 4.29. The maximum atomic E-state index is 12.5. The van der Waals surface area contributed by atoms with E-state index in [2.05, 4.69) is 21.2 Å². The summed E-state index contributed by atoms with van der Waals surface area (Å²) in [7, 11) is 3.06. The Morgan fingerprint density at radius 2 is 1.78 bits per heavy atom. The molecule has 0 spiro atoms. The lowest BCUT2D eigenvalue weighted by atomic mass is 10.1. The SMILES string of the molecule is COc1cc(Br)c(C(=O)Nc2ccc3c(c2)OCO3)cc1OC. The minimum absolute atomic E-state index is 0.188. The molecule has 1 N–H and O–H groups in total. The van der Waals surface area contributed by atoms with Crippen molar-refractivity contribution < 1.29 is 23.7 Å². The van der Waals surface area contributed by atoms with E-state index in [0.717, 1.165) is 0 Å². The van der Waals surface area contributed by atoms with Crippen LogP contribution in [0.15, 0.2) is 34.8 Å². The first-order chi connectivity index (χ1) is 11.1. The highest BCUT2D eigenvalue weighted by Crippen LogP contribution is 2.36. The van der Waals surface area contributed by atoms with E-state index in [0.29, 0.717) is 38.7 Å². The van der Waals surface area contributed by atoms with Gasteiger partial charge in [0, 0.05) is 16.2 Å². The highest BCUT2D eigenvalue weighted by Gasteiger charge is 2.18. The summed E-state index contributed by atoms with van der Waals surface area (Å²) >= 11 is 3.37. The van der Waals surface area contributed by atoms with Crippen molar-refractivity contribution >= 4 is 27.5 Å². The first-order valence-corrected chi connectivity index (χ1v) is 7.54. The van der Waals surface area contributed by atoms with Crippen molar-refractivity contribution in [3.8, 4) is 23.0 Å². The maximum Gasteiger partial charge on any atom is 0.256 e. The molecule has 1 amide bonds. The number of halogens is 1. The number of hydrogen-bond acceptors (Lipinski definition) is 5. The van der Waals surface area contributed by atoms with Crippen LogP contribution in [0.1, 0.15) is 10.4 Å². The van der Waals surface area contributed by atoms with Gasteiger partial charge in [0.15, 0.2) is 23.0 Å². The number of benzene rings is 2. The van der Waals surface area contributed by atoms with Gasteiger partial charge in [-0.15, -0.1) is 0 Å². The Morgan fingerprint density at radius 1 is 1.09 bits per heavy atom. The summed E-state index contributed by atoms with van der Waals surface area (Å²) in [5, 5.41) is 2.82. The van der Waals surface area contributed by atoms with E-state index in [1.54, 1.807) is 30.3 Å². The fraction of sp³-hybridized carbons (Fsp3) is 0.188. The molecule has 3 rings (SSSR count). The molecule has 23 heavy (non-hydrogen) atoms.